The molecule has 0 saturated carbocycles. The zero-order valence-electron chi connectivity index (χ0n) is 7.12. The second kappa shape index (κ2) is 4.54. The summed E-state index contributed by atoms with van der Waals surface area (Å²) in [5, 5.41) is 8.59. The molecule has 0 aliphatic rings. The molecule has 13 heavy (non-hydrogen) atoms. The SMILES string of the molecule is CC(C#N)Sc1ccc(N)cc1Br. The van der Waals surface area contributed by atoms with Crippen LogP contribution in [0.15, 0.2) is 27.6 Å². The van der Waals surface area contributed by atoms with E-state index in [9.17, 15) is 0 Å². The molecule has 0 radical (unpaired) electrons. The Bertz CT molecular complexity index is 346. The van der Waals surface area contributed by atoms with Crippen molar-refractivity contribution in [2.75, 3.05) is 5.73 Å². The highest BCUT2D eigenvalue weighted by Crippen LogP contribution is 2.31. The lowest BCUT2D eigenvalue weighted by molar-refractivity contribution is 1.23. The third-order valence-electron chi connectivity index (χ3n) is 1.44. The third kappa shape index (κ3) is 2.94. The minimum absolute atomic E-state index is 0.0417. The second-order valence-electron chi connectivity index (χ2n) is 2.58. The van der Waals surface area contributed by atoms with Gasteiger partial charge in [-0.15, -0.1) is 11.8 Å². The summed E-state index contributed by atoms with van der Waals surface area (Å²) < 4.78 is 0.944. The summed E-state index contributed by atoms with van der Waals surface area (Å²) in [6.07, 6.45) is 0. The number of nitriles is 1. The molecule has 1 unspecified atom stereocenters. The molecule has 0 aliphatic carbocycles. The second-order valence-corrected chi connectivity index (χ2v) is 4.82. The zero-order valence-corrected chi connectivity index (χ0v) is 9.52. The van der Waals surface area contributed by atoms with Gasteiger partial charge < -0.3 is 5.73 Å². The summed E-state index contributed by atoms with van der Waals surface area (Å²) in [6.45, 7) is 1.87. The summed E-state index contributed by atoms with van der Waals surface area (Å²) in [4.78, 5) is 1.04. The minimum Gasteiger partial charge on any atom is -0.399 e. The first-order valence-corrected chi connectivity index (χ1v) is 5.42. The lowest BCUT2D eigenvalue weighted by Crippen LogP contribution is -1.91. The molecule has 2 nitrogen and oxygen atoms in total. The molecule has 1 rings (SSSR count). The maximum atomic E-state index is 8.63. The van der Waals surface area contributed by atoms with Gasteiger partial charge in [-0.1, -0.05) is 0 Å². The van der Waals surface area contributed by atoms with E-state index in [0.717, 1.165) is 15.1 Å². The number of hydrogen-bond acceptors (Lipinski definition) is 3. The molecule has 1 atom stereocenters. The number of thioether (sulfide) groups is 1. The van der Waals surface area contributed by atoms with Gasteiger partial charge >= 0.3 is 0 Å². The molecule has 0 amide bonds. The molecular weight excluding hydrogens is 248 g/mol. The molecule has 0 aromatic heterocycles. The van der Waals surface area contributed by atoms with Gasteiger partial charge in [0.05, 0.1) is 11.3 Å². The standard InChI is InChI=1S/C9H9BrN2S/c1-6(5-11)13-9-3-2-7(12)4-8(9)10/h2-4,6H,12H2,1H3. The molecule has 4 heteroatoms. The van der Waals surface area contributed by atoms with Crippen molar-refractivity contribution in [3.63, 3.8) is 0 Å². The van der Waals surface area contributed by atoms with E-state index < -0.39 is 0 Å². The van der Waals surface area contributed by atoms with Gasteiger partial charge in [-0.3, -0.25) is 0 Å². The Kier molecular flexibility index (Phi) is 3.64. The Hall–Kier alpha value is -0.660. The van der Waals surface area contributed by atoms with E-state index in [-0.39, 0.29) is 5.25 Å². The topological polar surface area (TPSA) is 49.8 Å². The number of rotatable bonds is 2. The average Bonchev–Trinajstić information content (AvgIpc) is 2.09. The zero-order chi connectivity index (χ0) is 9.84. The minimum atomic E-state index is -0.0417. The van der Waals surface area contributed by atoms with Gasteiger partial charge in [-0.25, -0.2) is 0 Å². The molecule has 2 N–H and O–H groups in total. The smallest absolute Gasteiger partial charge is 0.0936 e. The maximum absolute atomic E-state index is 8.63. The fourth-order valence-electron chi connectivity index (χ4n) is 0.829. The molecule has 1 aromatic rings. The van der Waals surface area contributed by atoms with Crippen molar-refractivity contribution in [1.82, 2.24) is 0 Å². The largest absolute Gasteiger partial charge is 0.399 e. The Morgan fingerprint density at radius 1 is 1.62 bits per heavy atom. The lowest BCUT2D eigenvalue weighted by Gasteiger charge is -2.05. The van der Waals surface area contributed by atoms with Crippen molar-refractivity contribution in [2.45, 2.75) is 17.1 Å². The number of halogens is 1. The first-order chi connectivity index (χ1) is 6.13. The van der Waals surface area contributed by atoms with Crippen molar-refractivity contribution >= 4 is 33.4 Å². The first kappa shape index (κ1) is 10.4. The molecule has 0 spiro atoms. The van der Waals surface area contributed by atoms with Crippen LogP contribution in [0.25, 0.3) is 0 Å². The number of hydrogen-bond donors (Lipinski definition) is 1. The van der Waals surface area contributed by atoms with E-state index >= 15 is 0 Å². The molecular formula is C9H9BrN2S. The van der Waals surface area contributed by atoms with Crippen LogP contribution in [0.1, 0.15) is 6.92 Å². The molecule has 1 aromatic carbocycles. The van der Waals surface area contributed by atoms with Crippen LogP contribution in [0.3, 0.4) is 0 Å². The van der Waals surface area contributed by atoms with Gasteiger partial charge in [0.2, 0.25) is 0 Å². The van der Waals surface area contributed by atoms with Crippen molar-refractivity contribution in [2.24, 2.45) is 0 Å². The summed E-state index contributed by atoms with van der Waals surface area (Å²) in [5.74, 6) is 0. The van der Waals surface area contributed by atoms with Crippen LogP contribution >= 0.6 is 27.7 Å². The van der Waals surface area contributed by atoms with Gasteiger partial charge in [-0.2, -0.15) is 5.26 Å². The van der Waals surface area contributed by atoms with E-state index in [0.29, 0.717) is 0 Å². The molecule has 0 saturated heterocycles. The molecule has 0 heterocycles. The van der Waals surface area contributed by atoms with Crippen LogP contribution in [0.5, 0.6) is 0 Å². The van der Waals surface area contributed by atoms with Crippen molar-refractivity contribution in [1.29, 1.82) is 5.26 Å². The normalized spacial score (nSPS) is 12.1. The Labute approximate surface area is 90.2 Å². The fourth-order valence-corrected chi connectivity index (χ4v) is 2.26. The highest BCUT2D eigenvalue weighted by atomic mass is 79.9. The number of anilines is 1. The van der Waals surface area contributed by atoms with Crippen molar-refractivity contribution < 1.29 is 0 Å². The molecule has 68 valence electrons. The van der Waals surface area contributed by atoms with Gasteiger partial charge in [0.15, 0.2) is 0 Å². The van der Waals surface area contributed by atoms with Gasteiger partial charge in [0, 0.05) is 15.1 Å². The van der Waals surface area contributed by atoms with Gasteiger partial charge in [-0.05, 0) is 41.1 Å². The van der Waals surface area contributed by atoms with E-state index in [2.05, 4.69) is 22.0 Å². The maximum Gasteiger partial charge on any atom is 0.0936 e. The summed E-state index contributed by atoms with van der Waals surface area (Å²) >= 11 is 4.91. The molecule has 0 fully saturated rings. The van der Waals surface area contributed by atoms with E-state index in [1.165, 1.54) is 11.8 Å². The van der Waals surface area contributed by atoms with Crippen molar-refractivity contribution in [3.8, 4) is 6.07 Å². The average molecular weight is 257 g/mol. The van der Waals surface area contributed by atoms with Gasteiger partial charge in [0.1, 0.15) is 0 Å². The Balaban J connectivity index is 2.85. The Morgan fingerprint density at radius 2 is 2.31 bits per heavy atom. The predicted octanol–water partition coefficient (Wildman–Crippen LogP) is 3.04. The molecule has 0 aliphatic heterocycles. The number of nitrogen functional groups attached to an aromatic ring is 1. The van der Waals surface area contributed by atoms with Crippen LogP contribution in [0.4, 0.5) is 5.69 Å². The lowest BCUT2D eigenvalue weighted by atomic mass is 10.3. The highest BCUT2D eigenvalue weighted by Gasteiger charge is 2.05. The van der Waals surface area contributed by atoms with Crippen LogP contribution in [-0.4, -0.2) is 5.25 Å². The monoisotopic (exact) mass is 256 g/mol. The third-order valence-corrected chi connectivity index (χ3v) is 3.43. The highest BCUT2D eigenvalue weighted by molar-refractivity contribution is 9.10. The van der Waals surface area contributed by atoms with Crippen LogP contribution < -0.4 is 5.73 Å². The number of nitrogens with zero attached hydrogens (tertiary/aromatic N) is 1. The summed E-state index contributed by atoms with van der Waals surface area (Å²) in [6, 6.07) is 7.75. The van der Waals surface area contributed by atoms with Gasteiger partial charge in [0.25, 0.3) is 0 Å². The van der Waals surface area contributed by atoms with Crippen molar-refractivity contribution in [3.05, 3.63) is 22.7 Å². The van der Waals surface area contributed by atoms with E-state index in [1.54, 1.807) is 0 Å². The van der Waals surface area contributed by atoms with Crippen LogP contribution in [0.2, 0.25) is 0 Å². The number of nitrogens with two attached hydrogens (primary N) is 1. The van der Waals surface area contributed by atoms with E-state index in [1.807, 2.05) is 25.1 Å². The molecule has 0 bridgehead atoms. The predicted molar refractivity (Wildman–Crippen MR) is 59.5 cm³/mol. The fraction of sp³-hybridized carbons (Fsp3) is 0.222. The van der Waals surface area contributed by atoms with Crippen LogP contribution in [0, 0.1) is 11.3 Å². The first-order valence-electron chi connectivity index (χ1n) is 3.75. The summed E-state index contributed by atoms with van der Waals surface area (Å²) in [5.41, 5.74) is 6.31. The summed E-state index contributed by atoms with van der Waals surface area (Å²) in [7, 11) is 0. The quantitative estimate of drug-likeness (QED) is 0.654. The van der Waals surface area contributed by atoms with Crippen LogP contribution in [-0.2, 0) is 0 Å². The van der Waals surface area contributed by atoms with E-state index in [4.69, 9.17) is 11.0 Å². The Morgan fingerprint density at radius 3 is 2.85 bits per heavy atom. The number of benzene rings is 1.